The van der Waals surface area contributed by atoms with Crippen molar-refractivity contribution in [3.63, 3.8) is 0 Å². The summed E-state index contributed by atoms with van der Waals surface area (Å²) in [6, 6.07) is 12.9. The first-order valence-corrected chi connectivity index (χ1v) is 9.90. The Balaban J connectivity index is 2.32. The van der Waals surface area contributed by atoms with Crippen molar-refractivity contribution >= 4 is 40.5 Å². The SMILES string of the molecule is CC(C)(/C=C/C(=O)NO)[C@H](OC(=O)NC(=O)c1ccccc1)c1cc(I)ccc1O. The van der Waals surface area contributed by atoms with Gasteiger partial charge in [-0.1, -0.05) is 38.1 Å². The highest BCUT2D eigenvalue weighted by molar-refractivity contribution is 14.1. The molecule has 0 saturated heterocycles. The first-order chi connectivity index (χ1) is 14.1. The highest BCUT2D eigenvalue weighted by atomic mass is 127. The zero-order valence-corrected chi connectivity index (χ0v) is 18.4. The summed E-state index contributed by atoms with van der Waals surface area (Å²) in [5, 5.41) is 21.2. The number of rotatable bonds is 6. The zero-order valence-electron chi connectivity index (χ0n) is 16.3. The lowest BCUT2D eigenvalue weighted by atomic mass is 9.81. The van der Waals surface area contributed by atoms with E-state index >= 15 is 0 Å². The van der Waals surface area contributed by atoms with E-state index in [0.29, 0.717) is 5.56 Å². The van der Waals surface area contributed by atoms with E-state index in [1.54, 1.807) is 56.3 Å². The molecule has 0 aliphatic carbocycles. The number of nitrogens with one attached hydrogen (secondary N) is 2. The Labute approximate surface area is 187 Å². The summed E-state index contributed by atoms with van der Waals surface area (Å²) in [4.78, 5) is 36.1. The Bertz CT molecular complexity index is 959. The molecule has 30 heavy (non-hydrogen) atoms. The molecular weight excluding hydrogens is 503 g/mol. The number of aromatic hydroxyl groups is 1. The number of hydrogen-bond acceptors (Lipinski definition) is 6. The second-order valence-electron chi connectivity index (χ2n) is 6.94. The molecule has 9 heteroatoms. The van der Waals surface area contributed by atoms with Crippen LogP contribution in [0.25, 0.3) is 0 Å². The Hall–Kier alpha value is -2.92. The molecule has 0 bridgehead atoms. The van der Waals surface area contributed by atoms with Crippen molar-refractivity contribution in [3.05, 3.63) is 75.4 Å². The predicted octanol–water partition coefficient (Wildman–Crippen LogP) is 3.69. The van der Waals surface area contributed by atoms with Crippen LogP contribution >= 0.6 is 22.6 Å². The highest BCUT2D eigenvalue weighted by Crippen LogP contribution is 2.42. The van der Waals surface area contributed by atoms with Gasteiger partial charge in [0.15, 0.2) is 0 Å². The summed E-state index contributed by atoms with van der Waals surface area (Å²) in [6.45, 7) is 3.34. The van der Waals surface area contributed by atoms with Crippen LogP contribution in [0.3, 0.4) is 0 Å². The predicted molar refractivity (Wildman–Crippen MR) is 117 cm³/mol. The van der Waals surface area contributed by atoms with Crippen LogP contribution in [0.4, 0.5) is 4.79 Å². The van der Waals surface area contributed by atoms with Gasteiger partial charge in [0.2, 0.25) is 0 Å². The van der Waals surface area contributed by atoms with Gasteiger partial charge in [-0.15, -0.1) is 0 Å². The van der Waals surface area contributed by atoms with Gasteiger partial charge < -0.3 is 9.84 Å². The fourth-order valence-corrected chi connectivity index (χ4v) is 3.17. The summed E-state index contributed by atoms with van der Waals surface area (Å²) < 4.78 is 6.30. The standard InChI is InChI=1S/C21H21IN2O6/c1-21(2,11-10-17(26)24-29)18(15-12-14(22)8-9-16(15)25)30-20(28)23-19(27)13-6-4-3-5-7-13/h3-12,18,25,29H,1-2H3,(H,24,26)(H,23,27,28)/b11-10+/t18-/m1/s1. The quantitative estimate of drug-likeness (QED) is 0.198. The second kappa shape index (κ2) is 10.2. The summed E-state index contributed by atoms with van der Waals surface area (Å²) in [5.41, 5.74) is 1.06. The van der Waals surface area contributed by atoms with Gasteiger partial charge in [-0.05, 0) is 52.9 Å². The fraction of sp³-hybridized carbons (Fsp3) is 0.190. The number of phenols is 1. The van der Waals surface area contributed by atoms with Crippen molar-refractivity contribution in [2.45, 2.75) is 20.0 Å². The average molecular weight is 524 g/mol. The van der Waals surface area contributed by atoms with E-state index in [0.717, 1.165) is 9.65 Å². The number of carbonyl (C=O) groups excluding carboxylic acids is 3. The lowest BCUT2D eigenvalue weighted by Crippen LogP contribution is -2.35. The normalized spacial score (nSPS) is 12.3. The maximum absolute atomic E-state index is 12.5. The molecule has 0 heterocycles. The van der Waals surface area contributed by atoms with Crippen LogP contribution in [0.2, 0.25) is 0 Å². The molecule has 8 nitrogen and oxygen atoms in total. The van der Waals surface area contributed by atoms with E-state index < -0.39 is 29.4 Å². The number of ether oxygens (including phenoxy) is 1. The summed E-state index contributed by atoms with van der Waals surface area (Å²) in [6.07, 6.45) is 0.433. The number of imide groups is 1. The molecule has 2 aromatic carbocycles. The number of benzene rings is 2. The molecule has 3 amide bonds. The van der Waals surface area contributed by atoms with Crippen LogP contribution in [0.5, 0.6) is 5.75 Å². The third-order valence-electron chi connectivity index (χ3n) is 4.20. The summed E-state index contributed by atoms with van der Waals surface area (Å²) in [5.74, 6) is -1.52. The molecule has 4 N–H and O–H groups in total. The Kier molecular flexibility index (Phi) is 7.95. The van der Waals surface area contributed by atoms with Crippen LogP contribution in [-0.2, 0) is 9.53 Å². The number of hydroxylamine groups is 1. The molecule has 2 rings (SSSR count). The monoisotopic (exact) mass is 524 g/mol. The maximum Gasteiger partial charge on any atom is 0.414 e. The minimum Gasteiger partial charge on any atom is -0.508 e. The van der Waals surface area contributed by atoms with Crippen LogP contribution < -0.4 is 10.8 Å². The van der Waals surface area contributed by atoms with Gasteiger partial charge in [-0.3, -0.25) is 20.1 Å². The minimum atomic E-state index is -1.06. The van der Waals surface area contributed by atoms with E-state index in [1.165, 1.54) is 17.6 Å². The molecule has 1 atom stereocenters. The molecule has 0 radical (unpaired) electrons. The van der Waals surface area contributed by atoms with Crippen molar-refractivity contribution in [2.24, 2.45) is 5.41 Å². The number of phenolic OH excluding ortho intramolecular Hbond substituents is 1. The van der Waals surface area contributed by atoms with Gasteiger partial charge in [-0.2, -0.15) is 0 Å². The van der Waals surface area contributed by atoms with Crippen LogP contribution in [0, 0.1) is 8.99 Å². The number of carbonyl (C=O) groups is 3. The van der Waals surface area contributed by atoms with E-state index in [-0.39, 0.29) is 11.3 Å². The van der Waals surface area contributed by atoms with Crippen molar-refractivity contribution in [3.8, 4) is 5.75 Å². The first kappa shape index (κ1) is 23.4. The number of amides is 3. The molecule has 158 valence electrons. The molecule has 0 aliphatic heterocycles. The second-order valence-corrected chi connectivity index (χ2v) is 8.19. The maximum atomic E-state index is 12.5. The fourth-order valence-electron chi connectivity index (χ4n) is 2.66. The van der Waals surface area contributed by atoms with Gasteiger partial charge in [0.05, 0.1) is 0 Å². The molecule has 0 aromatic heterocycles. The third-order valence-corrected chi connectivity index (χ3v) is 4.87. The van der Waals surface area contributed by atoms with Gasteiger partial charge >= 0.3 is 6.09 Å². The van der Waals surface area contributed by atoms with Crippen molar-refractivity contribution in [1.82, 2.24) is 10.8 Å². The van der Waals surface area contributed by atoms with Crippen LogP contribution in [0.15, 0.2) is 60.7 Å². The van der Waals surface area contributed by atoms with Crippen molar-refractivity contribution in [2.75, 3.05) is 0 Å². The van der Waals surface area contributed by atoms with E-state index in [9.17, 15) is 19.5 Å². The highest BCUT2D eigenvalue weighted by Gasteiger charge is 2.35. The largest absolute Gasteiger partial charge is 0.508 e. The van der Waals surface area contributed by atoms with E-state index in [1.807, 2.05) is 22.6 Å². The Morgan fingerprint density at radius 3 is 2.43 bits per heavy atom. The lowest BCUT2D eigenvalue weighted by molar-refractivity contribution is -0.124. The lowest BCUT2D eigenvalue weighted by Gasteiger charge is -2.32. The van der Waals surface area contributed by atoms with Gasteiger partial charge in [-0.25, -0.2) is 10.3 Å². The topological polar surface area (TPSA) is 125 Å². The smallest absolute Gasteiger partial charge is 0.414 e. The minimum absolute atomic E-state index is 0.115. The van der Waals surface area contributed by atoms with E-state index in [2.05, 4.69) is 5.32 Å². The molecule has 0 unspecified atom stereocenters. The molecule has 2 aromatic rings. The number of alkyl carbamates (subject to hydrolysis) is 1. The average Bonchev–Trinajstić information content (AvgIpc) is 2.72. The number of halogens is 1. The van der Waals surface area contributed by atoms with Gasteiger partial charge in [0, 0.05) is 26.2 Å². The molecule has 0 fully saturated rings. The Morgan fingerprint density at radius 1 is 1.13 bits per heavy atom. The summed E-state index contributed by atoms with van der Waals surface area (Å²) in [7, 11) is 0. The first-order valence-electron chi connectivity index (χ1n) is 8.83. The van der Waals surface area contributed by atoms with Crippen LogP contribution in [0.1, 0.15) is 35.9 Å². The molecule has 0 saturated carbocycles. The molecule has 0 aliphatic rings. The van der Waals surface area contributed by atoms with Crippen molar-refractivity contribution < 1.29 is 29.4 Å². The zero-order chi connectivity index (χ0) is 22.3. The summed E-state index contributed by atoms with van der Waals surface area (Å²) >= 11 is 2.05. The van der Waals surface area contributed by atoms with Crippen LogP contribution in [-0.4, -0.2) is 28.2 Å². The third kappa shape index (κ3) is 6.29. The molecular formula is C21H21IN2O6. The van der Waals surface area contributed by atoms with Gasteiger partial charge in [0.25, 0.3) is 11.8 Å². The van der Waals surface area contributed by atoms with Gasteiger partial charge in [0.1, 0.15) is 11.9 Å². The Morgan fingerprint density at radius 2 is 1.80 bits per heavy atom. The van der Waals surface area contributed by atoms with Crippen molar-refractivity contribution in [1.29, 1.82) is 0 Å². The van der Waals surface area contributed by atoms with E-state index in [4.69, 9.17) is 9.94 Å². The number of hydrogen-bond donors (Lipinski definition) is 4. The molecule has 0 spiro atoms.